The Morgan fingerprint density at radius 3 is 2.39 bits per heavy atom. The number of hydrogen-bond acceptors (Lipinski definition) is 11. The second-order valence-electron chi connectivity index (χ2n) is 9.21. The summed E-state index contributed by atoms with van der Waals surface area (Å²) in [6.45, 7) is 2.74. The number of benzene rings is 2. The van der Waals surface area contributed by atoms with Gasteiger partial charge in [0.2, 0.25) is 0 Å². The van der Waals surface area contributed by atoms with Gasteiger partial charge in [0.25, 0.3) is 0 Å². The van der Waals surface area contributed by atoms with E-state index in [1.165, 1.54) is 37.4 Å². The van der Waals surface area contributed by atoms with Crippen molar-refractivity contribution in [1.29, 1.82) is 0 Å². The van der Waals surface area contributed by atoms with Gasteiger partial charge in [-0.25, -0.2) is 0 Å². The zero-order valence-electron chi connectivity index (χ0n) is 21.0. The second kappa shape index (κ2) is 11.0. The van der Waals surface area contributed by atoms with Gasteiger partial charge in [0, 0.05) is 17.7 Å². The van der Waals surface area contributed by atoms with E-state index in [0.29, 0.717) is 12.0 Å². The van der Waals surface area contributed by atoms with Crippen molar-refractivity contribution >= 4 is 16.9 Å². The summed E-state index contributed by atoms with van der Waals surface area (Å²) in [4.78, 5) is 25.6. The van der Waals surface area contributed by atoms with Crippen molar-refractivity contribution < 1.29 is 49.0 Å². The van der Waals surface area contributed by atoms with E-state index in [2.05, 4.69) is 0 Å². The van der Waals surface area contributed by atoms with Crippen molar-refractivity contribution in [2.45, 2.75) is 50.8 Å². The maximum atomic E-state index is 13.1. The number of fused-ring (bicyclic) bond motifs is 1. The molecule has 4 rings (SSSR count). The fourth-order valence-electron chi connectivity index (χ4n) is 4.40. The monoisotopic (exact) mass is 530 g/mol. The molecule has 1 aliphatic rings. The van der Waals surface area contributed by atoms with Gasteiger partial charge in [0.05, 0.1) is 25.2 Å². The van der Waals surface area contributed by atoms with Crippen LogP contribution in [-0.4, -0.2) is 69.6 Å². The van der Waals surface area contributed by atoms with E-state index in [4.69, 9.17) is 18.6 Å². The maximum Gasteiger partial charge on any atom is 0.309 e. The molecule has 1 saturated heterocycles. The largest absolute Gasteiger partial charge is 0.508 e. The summed E-state index contributed by atoms with van der Waals surface area (Å²) in [5.41, 5.74) is -0.356. The van der Waals surface area contributed by atoms with Gasteiger partial charge in [-0.2, -0.15) is 0 Å². The highest BCUT2D eigenvalue weighted by atomic mass is 16.6. The highest BCUT2D eigenvalue weighted by Crippen LogP contribution is 2.44. The third-order valence-corrected chi connectivity index (χ3v) is 6.77. The van der Waals surface area contributed by atoms with Crippen molar-refractivity contribution in [3.63, 3.8) is 0 Å². The Kier molecular flexibility index (Phi) is 7.93. The summed E-state index contributed by atoms with van der Waals surface area (Å²) in [7, 11) is 1.29. The van der Waals surface area contributed by atoms with Crippen LogP contribution in [-0.2, 0) is 14.3 Å². The number of aliphatic hydroxyl groups is 3. The number of hydrogen-bond donors (Lipinski definition) is 5. The Bertz CT molecular complexity index is 1360. The molecule has 1 fully saturated rings. The number of aromatic hydroxyl groups is 2. The molecule has 0 spiro atoms. The molecule has 2 heterocycles. The molecule has 0 saturated carbocycles. The number of phenolic OH excluding ortho intramolecular Hbond substituents is 2. The molecule has 1 aliphatic heterocycles. The SMILES string of the molecule is CCC(C)C(=O)O[C@@H]1C(O)[C@H](c2c(OC)cc(O)c3c(=O)cc(-c4ccc(O)cc4)oc23)OC(CO)[C@H]1O. The molecule has 3 aromatic rings. The van der Waals surface area contributed by atoms with Crippen molar-refractivity contribution in [3.05, 3.63) is 52.2 Å². The van der Waals surface area contributed by atoms with Crippen LogP contribution in [0, 0.1) is 5.92 Å². The molecule has 11 nitrogen and oxygen atoms in total. The molecule has 6 atom stereocenters. The van der Waals surface area contributed by atoms with Gasteiger partial charge in [-0.15, -0.1) is 0 Å². The Morgan fingerprint density at radius 1 is 1.11 bits per heavy atom. The molecule has 0 aliphatic carbocycles. The number of methoxy groups -OCH3 is 1. The number of esters is 1. The minimum atomic E-state index is -1.68. The lowest BCUT2D eigenvalue weighted by molar-refractivity contribution is -0.242. The summed E-state index contributed by atoms with van der Waals surface area (Å²) in [6, 6.07) is 8.17. The standard InChI is InChI=1S/C27H30O11/c1-4-12(2)27(34)38-26-22(32)19(11-28)37-25(23(26)33)21-18(35-3)10-16(31)20-15(30)9-17(36-24(20)21)13-5-7-14(29)8-6-13/h5-10,12,19,22-23,25-26,28-29,31-33H,4,11H2,1-3H3/t12?,19?,22-,23?,25+,26+/m1/s1. The average molecular weight is 531 g/mol. The van der Waals surface area contributed by atoms with Gasteiger partial charge in [0.15, 0.2) is 17.1 Å². The first-order valence-electron chi connectivity index (χ1n) is 12.1. The minimum Gasteiger partial charge on any atom is -0.508 e. The number of phenols is 2. The van der Waals surface area contributed by atoms with Gasteiger partial charge in [-0.3, -0.25) is 9.59 Å². The van der Waals surface area contributed by atoms with E-state index in [9.17, 15) is 35.1 Å². The fraction of sp³-hybridized carbons (Fsp3) is 0.407. The van der Waals surface area contributed by atoms with E-state index < -0.39 is 60.2 Å². The first-order chi connectivity index (χ1) is 18.1. The molecule has 0 radical (unpaired) electrons. The molecule has 0 bridgehead atoms. The van der Waals surface area contributed by atoms with Crippen LogP contribution in [0.15, 0.2) is 45.6 Å². The number of ether oxygens (including phenoxy) is 3. The molecular weight excluding hydrogens is 500 g/mol. The average Bonchev–Trinajstić information content (AvgIpc) is 2.90. The van der Waals surface area contributed by atoms with Crippen molar-refractivity contribution in [2.75, 3.05) is 13.7 Å². The zero-order valence-corrected chi connectivity index (χ0v) is 21.0. The van der Waals surface area contributed by atoms with Gasteiger partial charge >= 0.3 is 5.97 Å². The van der Waals surface area contributed by atoms with Crippen LogP contribution in [0.3, 0.4) is 0 Å². The smallest absolute Gasteiger partial charge is 0.309 e. The summed E-state index contributed by atoms with van der Waals surface area (Å²) in [5, 5.41) is 51.9. The van der Waals surface area contributed by atoms with Crippen LogP contribution in [0.25, 0.3) is 22.3 Å². The van der Waals surface area contributed by atoms with Crippen molar-refractivity contribution in [2.24, 2.45) is 5.92 Å². The van der Waals surface area contributed by atoms with E-state index in [1.807, 2.05) is 0 Å². The second-order valence-corrected chi connectivity index (χ2v) is 9.21. The van der Waals surface area contributed by atoms with Crippen LogP contribution < -0.4 is 10.2 Å². The Hall–Kier alpha value is -3.64. The van der Waals surface area contributed by atoms with Crippen LogP contribution in [0.1, 0.15) is 31.9 Å². The van der Waals surface area contributed by atoms with E-state index in [-0.39, 0.29) is 33.8 Å². The fourth-order valence-corrected chi connectivity index (χ4v) is 4.40. The normalized spacial score (nSPS) is 24.2. The lowest BCUT2D eigenvalue weighted by Crippen LogP contribution is -2.57. The number of carbonyl (C=O) groups excluding carboxylic acids is 1. The number of carbonyl (C=O) groups is 1. The third kappa shape index (κ3) is 4.93. The van der Waals surface area contributed by atoms with E-state index in [1.54, 1.807) is 13.8 Å². The number of rotatable bonds is 7. The van der Waals surface area contributed by atoms with Crippen molar-refractivity contribution in [3.8, 4) is 28.6 Å². The van der Waals surface area contributed by atoms with Crippen molar-refractivity contribution in [1.82, 2.24) is 0 Å². The maximum absolute atomic E-state index is 13.1. The molecule has 3 unspecified atom stereocenters. The summed E-state index contributed by atoms with van der Waals surface area (Å²) < 4.78 is 22.8. The van der Waals surface area contributed by atoms with E-state index >= 15 is 0 Å². The summed E-state index contributed by atoms with van der Waals surface area (Å²) in [5.74, 6) is -1.56. The molecule has 5 N–H and O–H groups in total. The Balaban J connectivity index is 1.92. The van der Waals surface area contributed by atoms with Gasteiger partial charge < -0.3 is 44.2 Å². The Morgan fingerprint density at radius 2 is 1.79 bits per heavy atom. The van der Waals surface area contributed by atoms with Crippen LogP contribution in [0.2, 0.25) is 0 Å². The number of aliphatic hydroxyl groups excluding tert-OH is 3. The Labute approximate surface area is 217 Å². The predicted molar refractivity (Wildman–Crippen MR) is 134 cm³/mol. The molecule has 11 heteroatoms. The lowest BCUT2D eigenvalue weighted by Gasteiger charge is -2.42. The summed E-state index contributed by atoms with van der Waals surface area (Å²) >= 11 is 0. The van der Waals surface area contributed by atoms with Gasteiger partial charge in [-0.1, -0.05) is 13.8 Å². The highest BCUT2D eigenvalue weighted by molar-refractivity contribution is 5.89. The first kappa shape index (κ1) is 27.4. The molecule has 38 heavy (non-hydrogen) atoms. The zero-order chi connectivity index (χ0) is 27.7. The minimum absolute atomic E-state index is 0.000433. The topological polar surface area (TPSA) is 176 Å². The molecule has 0 amide bonds. The quantitative estimate of drug-likeness (QED) is 0.282. The van der Waals surface area contributed by atoms with Crippen LogP contribution in [0.4, 0.5) is 0 Å². The van der Waals surface area contributed by atoms with Gasteiger partial charge in [-0.05, 0) is 30.7 Å². The van der Waals surface area contributed by atoms with Crippen LogP contribution in [0.5, 0.6) is 17.2 Å². The molecule has 2 aromatic carbocycles. The van der Waals surface area contributed by atoms with E-state index in [0.717, 1.165) is 6.07 Å². The predicted octanol–water partition coefficient (Wildman–Crippen LogP) is 1.99. The third-order valence-electron chi connectivity index (χ3n) is 6.77. The molecule has 1 aromatic heterocycles. The first-order valence-corrected chi connectivity index (χ1v) is 12.1. The highest BCUT2D eigenvalue weighted by Gasteiger charge is 2.49. The molecular formula is C27H30O11. The summed E-state index contributed by atoms with van der Waals surface area (Å²) in [6.07, 6.45) is -6.96. The molecule has 204 valence electrons. The lowest BCUT2D eigenvalue weighted by atomic mass is 9.89. The van der Waals surface area contributed by atoms with Gasteiger partial charge in [0.1, 0.15) is 52.8 Å². The van der Waals surface area contributed by atoms with Crippen LogP contribution >= 0.6 is 0 Å².